The van der Waals surface area contributed by atoms with Crippen LogP contribution in [0.5, 0.6) is 0 Å². The van der Waals surface area contributed by atoms with Crippen molar-refractivity contribution in [3.63, 3.8) is 0 Å². The fourth-order valence-corrected chi connectivity index (χ4v) is 4.87. The van der Waals surface area contributed by atoms with Gasteiger partial charge in [-0.05, 0) is 63.6 Å². The van der Waals surface area contributed by atoms with E-state index in [0.717, 1.165) is 26.3 Å². The van der Waals surface area contributed by atoms with E-state index in [-0.39, 0.29) is 17.4 Å². The van der Waals surface area contributed by atoms with E-state index in [1.54, 1.807) is 12.1 Å². The predicted molar refractivity (Wildman–Crippen MR) is 122 cm³/mol. The number of rotatable bonds is 6. The molecule has 0 bridgehead atoms. The Morgan fingerprint density at radius 2 is 1.69 bits per heavy atom. The largest absolute Gasteiger partial charge is 0.316 e. The van der Waals surface area contributed by atoms with Crippen molar-refractivity contribution in [2.24, 2.45) is 0 Å². The van der Waals surface area contributed by atoms with Gasteiger partial charge >= 0.3 is 0 Å². The van der Waals surface area contributed by atoms with Gasteiger partial charge in [0, 0.05) is 26.3 Å². The first-order valence-electron chi connectivity index (χ1n) is 8.89. The van der Waals surface area contributed by atoms with Crippen molar-refractivity contribution >= 4 is 55.7 Å². The smallest absolute Gasteiger partial charge is 0.235 e. The maximum absolute atomic E-state index is 13.1. The Balaban J connectivity index is 1.77. The zero-order chi connectivity index (χ0) is 21.1. The summed E-state index contributed by atoms with van der Waals surface area (Å²) in [6.07, 6.45) is 0. The second-order valence-corrected chi connectivity index (χ2v) is 9.68. The molecule has 0 unspecified atom stereocenters. The Hall–Kier alpha value is -2.03. The summed E-state index contributed by atoms with van der Waals surface area (Å²) in [5.74, 6) is -0.117. The van der Waals surface area contributed by atoms with Crippen molar-refractivity contribution < 1.29 is 9.59 Å². The minimum absolute atomic E-state index is 0.0973. The van der Waals surface area contributed by atoms with Gasteiger partial charge in [0.1, 0.15) is 5.00 Å². The van der Waals surface area contributed by atoms with Crippen LogP contribution in [0, 0.1) is 27.7 Å². The zero-order valence-corrected chi connectivity index (χ0v) is 19.7. The van der Waals surface area contributed by atoms with E-state index in [9.17, 15) is 9.59 Å². The van der Waals surface area contributed by atoms with Gasteiger partial charge in [0.05, 0.1) is 11.3 Å². The molecule has 0 spiro atoms. The molecule has 1 aromatic carbocycles. The lowest BCUT2D eigenvalue weighted by molar-refractivity contribution is -0.113. The number of aromatic nitrogens is 2. The van der Waals surface area contributed by atoms with Gasteiger partial charge in [0.2, 0.25) is 5.91 Å². The molecule has 0 aliphatic rings. The lowest BCUT2D eigenvalue weighted by Gasteiger charge is -2.08. The standard InChI is InChI=1S/C21H20BrN3O2S2/c1-11-9-12(2)24-21(23-11)28-10-17(26)25-20-18(13(3)14(4)29-20)19(27)15-5-7-16(22)8-6-15/h5-9H,10H2,1-4H3,(H,25,26). The Bertz CT molecular complexity index is 1060. The first-order valence-corrected chi connectivity index (χ1v) is 11.5. The molecule has 1 N–H and O–H groups in total. The van der Waals surface area contributed by atoms with Crippen molar-refractivity contribution in [3.8, 4) is 0 Å². The number of carbonyl (C=O) groups is 2. The van der Waals surface area contributed by atoms with Crippen LogP contribution in [0.1, 0.15) is 37.7 Å². The lowest BCUT2D eigenvalue weighted by atomic mass is 10.0. The van der Waals surface area contributed by atoms with Gasteiger partial charge in [0.25, 0.3) is 0 Å². The van der Waals surface area contributed by atoms with Crippen LogP contribution < -0.4 is 5.32 Å². The highest BCUT2D eigenvalue weighted by Crippen LogP contribution is 2.34. The molecule has 0 saturated carbocycles. The van der Waals surface area contributed by atoms with Crippen molar-refractivity contribution in [3.05, 3.63) is 67.8 Å². The molecular weight excluding hydrogens is 470 g/mol. The molecule has 0 aliphatic heterocycles. The number of aryl methyl sites for hydroxylation is 3. The van der Waals surface area contributed by atoms with Gasteiger partial charge in [-0.2, -0.15) is 0 Å². The second kappa shape index (κ2) is 9.19. The van der Waals surface area contributed by atoms with Crippen LogP contribution in [0.3, 0.4) is 0 Å². The predicted octanol–water partition coefficient (Wildman–Crippen LogP) is 5.50. The third kappa shape index (κ3) is 5.32. The van der Waals surface area contributed by atoms with Gasteiger partial charge in [-0.15, -0.1) is 11.3 Å². The molecule has 3 rings (SSSR count). The van der Waals surface area contributed by atoms with Crippen molar-refractivity contribution in [1.82, 2.24) is 9.97 Å². The average Bonchev–Trinajstić information content (AvgIpc) is 2.93. The van der Waals surface area contributed by atoms with Gasteiger partial charge in [0.15, 0.2) is 10.9 Å². The SMILES string of the molecule is Cc1cc(C)nc(SCC(=O)Nc2sc(C)c(C)c2C(=O)c2ccc(Br)cc2)n1. The van der Waals surface area contributed by atoms with Crippen LogP contribution in [0.4, 0.5) is 5.00 Å². The summed E-state index contributed by atoms with van der Waals surface area (Å²) in [4.78, 5) is 35.3. The molecule has 3 aromatic rings. The summed E-state index contributed by atoms with van der Waals surface area (Å²) in [7, 11) is 0. The minimum Gasteiger partial charge on any atom is -0.316 e. The number of benzene rings is 1. The number of carbonyl (C=O) groups excluding carboxylic acids is 2. The molecule has 0 atom stereocenters. The number of nitrogens with zero attached hydrogens (tertiary/aromatic N) is 2. The highest BCUT2D eigenvalue weighted by Gasteiger charge is 2.22. The number of hydrogen-bond donors (Lipinski definition) is 1. The number of amides is 1. The lowest BCUT2D eigenvalue weighted by Crippen LogP contribution is -2.16. The molecule has 5 nitrogen and oxygen atoms in total. The van der Waals surface area contributed by atoms with Crippen LogP contribution >= 0.6 is 39.0 Å². The number of thioether (sulfide) groups is 1. The molecule has 0 radical (unpaired) electrons. The van der Waals surface area contributed by atoms with E-state index in [1.807, 2.05) is 45.9 Å². The fourth-order valence-electron chi connectivity index (χ4n) is 2.78. The number of anilines is 1. The summed E-state index contributed by atoms with van der Waals surface area (Å²) < 4.78 is 0.909. The van der Waals surface area contributed by atoms with Crippen LogP contribution in [0.25, 0.3) is 0 Å². The molecule has 0 fully saturated rings. The Kier molecular flexibility index (Phi) is 6.87. The molecule has 0 saturated heterocycles. The number of nitrogens with one attached hydrogen (secondary N) is 1. The van der Waals surface area contributed by atoms with Crippen molar-refractivity contribution in [1.29, 1.82) is 0 Å². The summed E-state index contributed by atoms with van der Waals surface area (Å²) in [5.41, 5.74) is 3.77. The normalized spacial score (nSPS) is 10.8. The molecule has 29 heavy (non-hydrogen) atoms. The van der Waals surface area contributed by atoms with Crippen LogP contribution in [0.15, 0.2) is 40.0 Å². The number of thiophene rings is 1. The second-order valence-electron chi connectivity index (χ2n) is 6.59. The van der Waals surface area contributed by atoms with Crippen molar-refractivity contribution in [2.45, 2.75) is 32.9 Å². The van der Waals surface area contributed by atoms with E-state index in [1.165, 1.54) is 23.1 Å². The summed E-state index contributed by atoms with van der Waals surface area (Å²) in [6, 6.07) is 9.11. The molecule has 1 amide bonds. The first kappa shape index (κ1) is 21.7. The molecule has 8 heteroatoms. The quantitative estimate of drug-likeness (QED) is 0.281. The Morgan fingerprint density at radius 3 is 2.31 bits per heavy atom. The van der Waals surface area contributed by atoms with Gasteiger partial charge in [-0.3, -0.25) is 9.59 Å². The minimum atomic E-state index is -0.191. The highest BCUT2D eigenvalue weighted by atomic mass is 79.9. The number of ketones is 1. The maximum Gasteiger partial charge on any atom is 0.235 e. The molecule has 150 valence electrons. The van der Waals surface area contributed by atoms with Crippen LogP contribution in [-0.2, 0) is 4.79 Å². The molecule has 2 heterocycles. The summed E-state index contributed by atoms with van der Waals surface area (Å²) in [5, 5.41) is 4.06. The van der Waals surface area contributed by atoms with E-state index in [4.69, 9.17) is 0 Å². The Morgan fingerprint density at radius 1 is 1.07 bits per heavy atom. The summed E-state index contributed by atoms with van der Waals surface area (Å²) in [6.45, 7) is 7.66. The third-order valence-electron chi connectivity index (χ3n) is 4.27. The van der Waals surface area contributed by atoms with Gasteiger partial charge < -0.3 is 5.32 Å². The first-order chi connectivity index (χ1) is 13.7. The zero-order valence-electron chi connectivity index (χ0n) is 16.5. The molecular formula is C21H20BrN3O2S2. The third-order valence-corrected chi connectivity index (χ3v) is 6.76. The number of hydrogen-bond acceptors (Lipinski definition) is 6. The van der Waals surface area contributed by atoms with Crippen LogP contribution in [-0.4, -0.2) is 27.4 Å². The van der Waals surface area contributed by atoms with E-state index in [0.29, 0.717) is 21.3 Å². The highest BCUT2D eigenvalue weighted by molar-refractivity contribution is 9.10. The number of halogens is 1. The van der Waals surface area contributed by atoms with E-state index in [2.05, 4.69) is 31.2 Å². The van der Waals surface area contributed by atoms with Crippen LogP contribution in [0.2, 0.25) is 0 Å². The van der Waals surface area contributed by atoms with E-state index < -0.39 is 0 Å². The molecule has 2 aromatic heterocycles. The topological polar surface area (TPSA) is 72.0 Å². The fraction of sp³-hybridized carbons (Fsp3) is 0.238. The van der Waals surface area contributed by atoms with Gasteiger partial charge in [-0.25, -0.2) is 9.97 Å². The monoisotopic (exact) mass is 489 g/mol. The Labute approximate surface area is 186 Å². The van der Waals surface area contributed by atoms with Gasteiger partial charge in [-0.1, -0.05) is 27.7 Å². The van der Waals surface area contributed by atoms with E-state index >= 15 is 0 Å². The molecule has 0 aliphatic carbocycles. The average molecular weight is 490 g/mol. The van der Waals surface area contributed by atoms with Crippen molar-refractivity contribution in [2.75, 3.05) is 11.1 Å². The maximum atomic E-state index is 13.1. The summed E-state index contributed by atoms with van der Waals surface area (Å²) >= 11 is 6.08.